The van der Waals surface area contributed by atoms with Crippen molar-refractivity contribution in [2.24, 2.45) is 4.99 Å². The summed E-state index contributed by atoms with van der Waals surface area (Å²) in [6.45, 7) is 0. The van der Waals surface area contributed by atoms with Gasteiger partial charge in [-0.05, 0) is 30.5 Å². The second-order valence-corrected chi connectivity index (χ2v) is 5.62. The Hall–Kier alpha value is -1.65. The molecule has 6 heteroatoms. The number of isocyanates is 1. The van der Waals surface area contributed by atoms with Crippen molar-refractivity contribution in [3.63, 3.8) is 0 Å². The van der Waals surface area contributed by atoms with Crippen LogP contribution in [0.5, 0.6) is 5.75 Å². The van der Waals surface area contributed by atoms with Crippen molar-refractivity contribution in [3.8, 4) is 5.75 Å². The third-order valence-electron chi connectivity index (χ3n) is 2.62. The van der Waals surface area contributed by atoms with Gasteiger partial charge >= 0.3 is 10.1 Å². The third kappa shape index (κ3) is 2.72. The van der Waals surface area contributed by atoms with E-state index in [9.17, 15) is 13.2 Å². The minimum Gasteiger partial charge on any atom is -0.383 e. The van der Waals surface area contributed by atoms with Crippen molar-refractivity contribution in [2.45, 2.75) is 18.4 Å². The predicted octanol–water partition coefficient (Wildman–Crippen LogP) is 1.35. The number of nitrogens with zero attached hydrogens (tertiary/aromatic N) is 1. The Bertz CT molecular complexity index is 566. The average molecular weight is 253 g/mol. The maximum absolute atomic E-state index is 10.9. The summed E-state index contributed by atoms with van der Waals surface area (Å²) in [4.78, 5) is 14.1. The zero-order chi connectivity index (χ0) is 12.5. The van der Waals surface area contributed by atoms with Gasteiger partial charge in [-0.3, -0.25) is 0 Å². The van der Waals surface area contributed by atoms with Crippen LogP contribution in [0.3, 0.4) is 0 Å². The van der Waals surface area contributed by atoms with E-state index >= 15 is 0 Å². The average Bonchev–Trinajstić information content (AvgIpc) is 2.98. The Morgan fingerprint density at radius 3 is 2.29 bits per heavy atom. The smallest absolute Gasteiger partial charge is 0.306 e. The van der Waals surface area contributed by atoms with Gasteiger partial charge in [0.15, 0.2) is 0 Å². The predicted molar refractivity (Wildman–Crippen MR) is 60.9 cm³/mol. The Kier molecular flexibility index (Phi) is 2.77. The minimum absolute atomic E-state index is 0.252. The number of hydrogen-bond donors (Lipinski definition) is 0. The number of carbonyl (C=O) groups excluding carboxylic acids is 1. The van der Waals surface area contributed by atoms with E-state index in [2.05, 4.69) is 4.99 Å². The molecular formula is C11H11NO4S. The summed E-state index contributed by atoms with van der Waals surface area (Å²) < 4.78 is 26.5. The lowest BCUT2D eigenvalue weighted by atomic mass is 10.1. The van der Waals surface area contributed by atoms with Gasteiger partial charge in [-0.25, -0.2) is 4.79 Å². The van der Waals surface area contributed by atoms with Crippen LogP contribution >= 0.6 is 0 Å². The van der Waals surface area contributed by atoms with E-state index in [0.29, 0.717) is 0 Å². The standard InChI is InChI=1S/C11H11NO4S/c1-17(14,15)16-10-4-2-9(3-5-10)11(6-7-11)12-8-13/h2-5H,6-7H2,1H3. The normalized spacial score (nSPS) is 17.0. The molecule has 17 heavy (non-hydrogen) atoms. The van der Waals surface area contributed by atoms with Crippen LogP contribution in [0.25, 0.3) is 0 Å². The summed E-state index contributed by atoms with van der Waals surface area (Å²) in [5.41, 5.74) is 0.437. The van der Waals surface area contributed by atoms with Crippen LogP contribution in [0.1, 0.15) is 18.4 Å². The lowest BCUT2D eigenvalue weighted by molar-refractivity contribution is 0.493. The number of rotatable bonds is 4. The Morgan fingerprint density at radius 2 is 1.88 bits per heavy atom. The first-order valence-corrected chi connectivity index (χ1v) is 6.86. The van der Waals surface area contributed by atoms with Gasteiger partial charge < -0.3 is 4.18 Å². The molecule has 0 aromatic heterocycles. The molecule has 0 unspecified atom stereocenters. The SMILES string of the molecule is CS(=O)(=O)Oc1ccc(C2(N=C=O)CC2)cc1. The fraction of sp³-hybridized carbons (Fsp3) is 0.364. The molecule has 1 aromatic carbocycles. The molecule has 2 rings (SSSR count). The van der Waals surface area contributed by atoms with E-state index in [4.69, 9.17) is 4.18 Å². The van der Waals surface area contributed by atoms with E-state index < -0.39 is 15.7 Å². The molecule has 1 fully saturated rings. The Balaban J connectivity index is 2.22. The largest absolute Gasteiger partial charge is 0.383 e. The van der Waals surface area contributed by atoms with Crippen LogP contribution in [-0.2, 0) is 20.5 Å². The summed E-state index contributed by atoms with van der Waals surface area (Å²) in [6.07, 6.45) is 4.18. The van der Waals surface area contributed by atoms with Gasteiger partial charge in [0.25, 0.3) is 0 Å². The number of hydrogen-bond acceptors (Lipinski definition) is 5. The van der Waals surface area contributed by atoms with Gasteiger partial charge in [0.1, 0.15) is 5.75 Å². The molecular weight excluding hydrogens is 242 g/mol. The highest BCUT2D eigenvalue weighted by molar-refractivity contribution is 7.86. The monoisotopic (exact) mass is 253 g/mol. The zero-order valence-electron chi connectivity index (χ0n) is 9.21. The quantitative estimate of drug-likeness (QED) is 0.461. The summed E-state index contributed by atoms with van der Waals surface area (Å²) in [7, 11) is -3.51. The molecule has 1 aliphatic rings. The van der Waals surface area contributed by atoms with Crippen molar-refractivity contribution in [1.82, 2.24) is 0 Å². The number of aliphatic imine (C=N–C) groups is 1. The van der Waals surface area contributed by atoms with E-state index in [1.807, 2.05) is 0 Å². The molecule has 1 aromatic rings. The molecule has 0 amide bonds. The summed E-state index contributed by atoms with van der Waals surface area (Å²) in [6, 6.07) is 6.54. The summed E-state index contributed by atoms with van der Waals surface area (Å²) in [5.74, 6) is 0.252. The second-order valence-electron chi connectivity index (χ2n) is 4.05. The maximum atomic E-state index is 10.9. The number of benzene rings is 1. The molecule has 0 N–H and O–H groups in total. The van der Waals surface area contributed by atoms with Crippen LogP contribution in [0.4, 0.5) is 0 Å². The van der Waals surface area contributed by atoms with Crippen LogP contribution < -0.4 is 4.18 Å². The van der Waals surface area contributed by atoms with Crippen LogP contribution in [0, 0.1) is 0 Å². The molecule has 0 aliphatic heterocycles. The fourth-order valence-electron chi connectivity index (χ4n) is 1.67. The first-order valence-electron chi connectivity index (χ1n) is 5.04. The lowest BCUT2D eigenvalue weighted by Gasteiger charge is -2.09. The molecule has 0 bridgehead atoms. The molecule has 1 aliphatic carbocycles. The molecule has 5 nitrogen and oxygen atoms in total. The van der Waals surface area contributed by atoms with Crippen molar-refractivity contribution in [1.29, 1.82) is 0 Å². The molecule has 90 valence electrons. The van der Waals surface area contributed by atoms with E-state index in [1.54, 1.807) is 30.3 Å². The highest BCUT2D eigenvalue weighted by Gasteiger charge is 2.44. The Labute approximate surface area is 99.3 Å². The topological polar surface area (TPSA) is 72.8 Å². The first-order chi connectivity index (χ1) is 7.95. The van der Waals surface area contributed by atoms with Crippen LogP contribution in [0.2, 0.25) is 0 Å². The molecule has 0 spiro atoms. The van der Waals surface area contributed by atoms with Gasteiger partial charge in [-0.15, -0.1) is 0 Å². The molecule has 0 atom stereocenters. The highest BCUT2D eigenvalue weighted by atomic mass is 32.2. The lowest BCUT2D eigenvalue weighted by Crippen LogP contribution is -2.06. The molecule has 0 radical (unpaired) electrons. The highest BCUT2D eigenvalue weighted by Crippen LogP contribution is 2.49. The van der Waals surface area contributed by atoms with Gasteiger partial charge in [0.2, 0.25) is 6.08 Å². The van der Waals surface area contributed by atoms with Crippen molar-refractivity contribution >= 4 is 16.2 Å². The summed E-state index contributed by atoms with van der Waals surface area (Å²) in [5, 5.41) is 0. The maximum Gasteiger partial charge on any atom is 0.306 e. The van der Waals surface area contributed by atoms with E-state index in [-0.39, 0.29) is 5.75 Å². The summed E-state index contributed by atoms with van der Waals surface area (Å²) >= 11 is 0. The van der Waals surface area contributed by atoms with Gasteiger partial charge in [0, 0.05) is 0 Å². The van der Waals surface area contributed by atoms with Crippen molar-refractivity contribution in [2.75, 3.05) is 6.26 Å². The minimum atomic E-state index is -3.51. The molecule has 1 saturated carbocycles. The van der Waals surface area contributed by atoms with E-state index in [1.165, 1.54) is 0 Å². The first kappa shape index (κ1) is 11.8. The van der Waals surface area contributed by atoms with E-state index in [0.717, 1.165) is 24.7 Å². The fourth-order valence-corrected chi connectivity index (χ4v) is 2.13. The van der Waals surface area contributed by atoms with Crippen LogP contribution in [-0.4, -0.2) is 20.8 Å². The van der Waals surface area contributed by atoms with Crippen molar-refractivity contribution in [3.05, 3.63) is 29.8 Å². The van der Waals surface area contributed by atoms with Gasteiger partial charge in [0.05, 0.1) is 11.8 Å². The zero-order valence-corrected chi connectivity index (χ0v) is 10.0. The van der Waals surface area contributed by atoms with Crippen LogP contribution in [0.15, 0.2) is 29.3 Å². The van der Waals surface area contributed by atoms with Gasteiger partial charge in [-0.2, -0.15) is 13.4 Å². The van der Waals surface area contributed by atoms with Crippen molar-refractivity contribution < 1.29 is 17.4 Å². The Morgan fingerprint density at radius 1 is 1.29 bits per heavy atom. The molecule has 0 heterocycles. The molecule has 0 saturated heterocycles. The van der Waals surface area contributed by atoms with Gasteiger partial charge in [-0.1, -0.05) is 12.1 Å². The third-order valence-corrected chi connectivity index (χ3v) is 3.12. The second kappa shape index (κ2) is 3.98.